The molecular formula is C25H33F5O. The van der Waals surface area contributed by atoms with Crippen molar-refractivity contribution in [3.63, 3.8) is 0 Å². The minimum atomic E-state index is -4.62. The standard InChI is InChI=1S/C25H33F5O/c1-3-4-16(2)17-5-7-18(8-6-17)19-9-10-24(31-15-19)20-13-22(26)21(23(27)14-20)11-12-25(28,29)30/h11-14,16-19,24H,3-10,15H2,1-2H3/b12-11+. The van der Waals surface area contributed by atoms with Crippen LogP contribution in [0.25, 0.3) is 6.08 Å². The predicted octanol–water partition coefficient (Wildman–Crippen LogP) is 8.25. The third kappa shape index (κ3) is 6.53. The summed E-state index contributed by atoms with van der Waals surface area (Å²) in [5.74, 6) is 0.735. The average molecular weight is 445 g/mol. The van der Waals surface area contributed by atoms with E-state index in [1.54, 1.807) is 0 Å². The van der Waals surface area contributed by atoms with Crippen molar-refractivity contribution in [1.82, 2.24) is 0 Å². The monoisotopic (exact) mass is 444 g/mol. The highest BCUT2D eigenvalue weighted by Gasteiger charge is 2.33. The van der Waals surface area contributed by atoms with Crippen molar-refractivity contribution in [1.29, 1.82) is 0 Å². The second-order valence-electron chi connectivity index (χ2n) is 9.37. The van der Waals surface area contributed by atoms with Gasteiger partial charge in [0.15, 0.2) is 0 Å². The van der Waals surface area contributed by atoms with Gasteiger partial charge in [0.05, 0.1) is 12.7 Å². The summed E-state index contributed by atoms with van der Waals surface area (Å²) in [7, 11) is 0. The Kier molecular flexibility index (Phi) is 8.17. The molecule has 0 bridgehead atoms. The second-order valence-corrected chi connectivity index (χ2v) is 9.37. The van der Waals surface area contributed by atoms with Crippen molar-refractivity contribution in [3.8, 4) is 0 Å². The molecule has 2 fully saturated rings. The molecule has 0 spiro atoms. The summed E-state index contributed by atoms with van der Waals surface area (Å²) >= 11 is 0. The van der Waals surface area contributed by atoms with Gasteiger partial charge in [0, 0.05) is 11.6 Å². The Morgan fingerprint density at radius 3 is 2.13 bits per heavy atom. The third-order valence-electron chi connectivity index (χ3n) is 7.26. The summed E-state index contributed by atoms with van der Waals surface area (Å²) in [6, 6.07) is 2.20. The predicted molar refractivity (Wildman–Crippen MR) is 112 cm³/mol. The van der Waals surface area contributed by atoms with Crippen molar-refractivity contribution < 1.29 is 26.7 Å². The van der Waals surface area contributed by atoms with Crippen LogP contribution in [0.2, 0.25) is 0 Å². The van der Waals surface area contributed by atoms with E-state index in [-0.39, 0.29) is 6.08 Å². The molecule has 0 radical (unpaired) electrons. The van der Waals surface area contributed by atoms with Crippen LogP contribution in [0.4, 0.5) is 22.0 Å². The fourth-order valence-electron chi connectivity index (χ4n) is 5.41. The topological polar surface area (TPSA) is 9.23 Å². The number of rotatable bonds is 6. The molecule has 3 unspecified atom stereocenters. The third-order valence-corrected chi connectivity index (χ3v) is 7.26. The van der Waals surface area contributed by atoms with Gasteiger partial charge in [0.1, 0.15) is 11.6 Å². The van der Waals surface area contributed by atoms with Crippen LogP contribution in [0.1, 0.15) is 82.4 Å². The minimum Gasteiger partial charge on any atom is -0.373 e. The van der Waals surface area contributed by atoms with E-state index in [0.29, 0.717) is 36.5 Å². The maximum atomic E-state index is 14.3. The van der Waals surface area contributed by atoms with Crippen LogP contribution in [0.15, 0.2) is 18.2 Å². The highest BCUT2D eigenvalue weighted by Crippen LogP contribution is 2.42. The lowest BCUT2D eigenvalue weighted by molar-refractivity contribution is -0.0790. The molecule has 1 saturated carbocycles. The van der Waals surface area contributed by atoms with E-state index in [1.807, 2.05) is 0 Å². The lowest BCUT2D eigenvalue weighted by Gasteiger charge is -2.39. The molecule has 1 aromatic carbocycles. The molecule has 0 N–H and O–H groups in total. The van der Waals surface area contributed by atoms with E-state index in [9.17, 15) is 22.0 Å². The number of alkyl halides is 3. The first-order valence-corrected chi connectivity index (χ1v) is 11.5. The molecule has 31 heavy (non-hydrogen) atoms. The van der Waals surface area contributed by atoms with Crippen LogP contribution in [0.3, 0.4) is 0 Å². The lowest BCUT2D eigenvalue weighted by atomic mass is 9.70. The summed E-state index contributed by atoms with van der Waals surface area (Å²) in [4.78, 5) is 0. The molecule has 1 heterocycles. The van der Waals surface area contributed by atoms with Gasteiger partial charge < -0.3 is 4.74 Å². The number of halogens is 5. The van der Waals surface area contributed by atoms with Gasteiger partial charge in [-0.3, -0.25) is 0 Å². The van der Waals surface area contributed by atoms with Gasteiger partial charge >= 0.3 is 6.18 Å². The Labute approximate surface area is 182 Å². The second kappa shape index (κ2) is 10.5. The normalized spacial score (nSPS) is 28.7. The van der Waals surface area contributed by atoms with E-state index < -0.39 is 29.5 Å². The fraction of sp³-hybridized carbons (Fsp3) is 0.680. The smallest absolute Gasteiger partial charge is 0.373 e. The molecule has 6 heteroatoms. The zero-order valence-electron chi connectivity index (χ0n) is 18.4. The molecule has 0 amide bonds. The van der Waals surface area contributed by atoms with Crippen LogP contribution in [0.5, 0.6) is 0 Å². The van der Waals surface area contributed by atoms with E-state index in [4.69, 9.17) is 4.74 Å². The number of hydrogen-bond acceptors (Lipinski definition) is 1. The van der Waals surface area contributed by atoms with Crippen molar-refractivity contribution >= 4 is 6.08 Å². The average Bonchev–Trinajstić information content (AvgIpc) is 2.72. The lowest BCUT2D eigenvalue weighted by Crippen LogP contribution is -2.31. The minimum absolute atomic E-state index is 0.159. The Balaban J connectivity index is 1.55. The summed E-state index contributed by atoms with van der Waals surface area (Å²) in [6.07, 6.45) is 4.38. The van der Waals surface area contributed by atoms with Crippen LogP contribution < -0.4 is 0 Å². The Hall–Kier alpha value is -1.43. The zero-order valence-corrected chi connectivity index (χ0v) is 18.4. The molecule has 1 aliphatic carbocycles. The van der Waals surface area contributed by atoms with Crippen LogP contribution in [0, 0.1) is 35.3 Å². The summed E-state index contributed by atoms with van der Waals surface area (Å²) in [5, 5.41) is 0. The molecule has 1 saturated heterocycles. The Bertz CT molecular complexity index is 718. The van der Waals surface area contributed by atoms with Crippen LogP contribution >= 0.6 is 0 Å². The van der Waals surface area contributed by atoms with Gasteiger partial charge in [-0.1, -0.05) is 26.7 Å². The molecule has 0 aromatic heterocycles. The first-order valence-electron chi connectivity index (χ1n) is 11.5. The van der Waals surface area contributed by atoms with Gasteiger partial charge in [-0.2, -0.15) is 13.2 Å². The van der Waals surface area contributed by atoms with Gasteiger partial charge in [-0.05, 0) is 86.0 Å². The van der Waals surface area contributed by atoms with Crippen molar-refractivity contribution in [2.24, 2.45) is 23.7 Å². The summed E-state index contributed by atoms with van der Waals surface area (Å²) < 4.78 is 71.4. The van der Waals surface area contributed by atoms with Crippen LogP contribution in [-0.2, 0) is 4.74 Å². The molecule has 1 aromatic rings. The van der Waals surface area contributed by atoms with E-state index in [1.165, 1.54) is 38.5 Å². The summed E-state index contributed by atoms with van der Waals surface area (Å²) in [5.41, 5.74) is -0.321. The molecule has 1 nitrogen and oxygen atoms in total. The molecule has 1 aliphatic heterocycles. The van der Waals surface area contributed by atoms with Gasteiger partial charge in [-0.25, -0.2) is 8.78 Å². The Morgan fingerprint density at radius 1 is 1.00 bits per heavy atom. The molecular weight excluding hydrogens is 411 g/mol. The quantitative estimate of drug-likeness (QED) is 0.401. The number of allylic oxidation sites excluding steroid dienone is 1. The SMILES string of the molecule is CCCC(C)C1CCC(C2CCC(c3cc(F)c(/C=C/C(F)(F)F)c(F)c3)OC2)CC1. The highest BCUT2D eigenvalue weighted by molar-refractivity contribution is 5.52. The molecule has 174 valence electrons. The van der Waals surface area contributed by atoms with Crippen molar-refractivity contribution in [2.45, 2.75) is 77.5 Å². The largest absolute Gasteiger partial charge is 0.409 e. The molecule has 3 atom stereocenters. The maximum Gasteiger partial charge on any atom is 0.409 e. The first-order chi connectivity index (χ1) is 14.7. The molecule has 3 rings (SSSR count). The first kappa shape index (κ1) is 24.2. The van der Waals surface area contributed by atoms with Gasteiger partial charge in [0.25, 0.3) is 0 Å². The molecule has 2 aliphatic rings. The van der Waals surface area contributed by atoms with E-state index in [0.717, 1.165) is 30.4 Å². The van der Waals surface area contributed by atoms with Crippen molar-refractivity contribution in [3.05, 3.63) is 41.0 Å². The van der Waals surface area contributed by atoms with Crippen molar-refractivity contribution in [2.75, 3.05) is 6.61 Å². The zero-order chi connectivity index (χ0) is 22.6. The highest BCUT2D eigenvalue weighted by atomic mass is 19.4. The number of ether oxygens (including phenoxy) is 1. The van der Waals surface area contributed by atoms with Gasteiger partial charge in [-0.15, -0.1) is 0 Å². The van der Waals surface area contributed by atoms with E-state index in [2.05, 4.69) is 13.8 Å². The number of benzene rings is 1. The van der Waals surface area contributed by atoms with Crippen LogP contribution in [-0.4, -0.2) is 12.8 Å². The van der Waals surface area contributed by atoms with E-state index >= 15 is 0 Å². The number of hydrogen-bond donors (Lipinski definition) is 0. The Morgan fingerprint density at radius 2 is 1.61 bits per heavy atom. The van der Waals surface area contributed by atoms with Gasteiger partial charge in [0.2, 0.25) is 0 Å². The maximum absolute atomic E-state index is 14.3. The summed E-state index contributed by atoms with van der Waals surface area (Å²) in [6.45, 7) is 5.18. The fourth-order valence-corrected chi connectivity index (χ4v) is 5.41.